The van der Waals surface area contributed by atoms with Gasteiger partial charge in [-0.2, -0.15) is 0 Å². The first-order valence-corrected chi connectivity index (χ1v) is 5.42. The molecule has 0 bridgehead atoms. The van der Waals surface area contributed by atoms with Crippen LogP contribution in [0.2, 0.25) is 0 Å². The molecule has 3 nitrogen and oxygen atoms in total. The van der Waals surface area contributed by atoms with Crippen molar-refractivity contribution in [1.82, 2.24) is 5.32 Å². The summed E-state index contributed by atoms with van der Waals surface area (Å²) in [6.07, 6.45) is 6.68. The average molecular weight is 205 g/mol. The largest absolute Gasteiger partial charge is 0.355 e. The lowest BCUT2D eigenvalue weighted by atomic mass is 9.81. The number of allylic oxidation sites excluding steroid dienone is 3. The van der Waals surface area contributed by atoms with Gasteiger partial charge < -0.3 is 5.32 Å². The summed E-state index contributed by atoms with van der Waals surface area (Å²) < 4.78 is 0. The van der Waals surface area contributed by atoms with Gasteiger partial charge in [-0.25, -0.2) is 0 Å². The van der Waals surface area contributed by atoms with Gasteiger partial charge in [0, 0.05) is 7.05 Å². The first-order chi connectivity index (χ1) is 7.24. The van der Waals surface area contributed by atoms with Gasteiger partial charge >= 0.3 is 0 Å². The Morgan fingerprint density at radius 2 is 2.07 bits per heavy atom. The molecule has 80 valence electrons. The highest BCUT2D eigenvalue weighted by Gasteiger charge is 2.28. The highest BCUT2D eigenvalue weighted by molar-refractivity contribution is 6.26. The first kappa shape index (κ1) is 10.1. The monoisotopic (exact) mass is 205 g/mol. The van der Waals surface area contributed by atoms with Crippen LogP contribution in [-0.2, 0) is 9.59 Å². The van der Waals surface area contributed by atoms with E-state index in [-0.39, 0.29) is 11.7 Å². The first-order valence-electron chi connectivity index (χ1n) is 5.42. The maximum Gasteiger partial charge on any atom is 0.254 e. The van der Waals surface area contributed by atoms with Crippen molar-refractivity contribution in [1.29, 1.82) is 0 Å². The van der Waals surface area contributed by atoms with Crippen molar-refractivity contribution >= 4 is 11.7 Å². The zero-order valence-corrected chi connectivity index (χ0v) is 8.93. The van der Waals surface area contributed by atoms with Crippen LogP contribution in [0.3, 0.4) is 0 Å². The summed E-state index contributed by atoms with van der Waals surface area (Å²) in [5.41, 5.74) is 2.49. The van der Waals surface area contributed by atoms with Gasteiger partial charge in [0.15, 0.2) is 5.78 Å². The maximum absolute atomic E-state index is 12.0. The molecule has 0 saturated carbocycles. The van der Waals surface area contributed by atoms with Crippen LogP contribution in [0.1, 0.15) is 32.1 Å². The summed E-state index contributed by atoms with van der Waals surface area (Å²) in [6, 6.07) is 0. The summed E-state index contributed by atoms with van der Waals surface area (Å²) in [6.45, 7) is 0. The Morgan fingerprint density at radius 1 is 1.33 bits per heavy atom. The zero-order chi connectivity index (χ0) is 10.8. The molecular formula is C12H15NO2. The van der Waals surface area contributed by atoms with Crippen molar-refractivity contribution in [3.63, 3.8) is 0 Å². The molecule has 0 heterocycles. The Bertz CT molecular complexity index is 377. The van der Waals surface area contributed by atoms with Gasteiger partial charge in [-0.05, 0) is 37.7 Å². The van der Waals surface area contributed by atoms with E-state index in [1.807, 2.05) is 0 Å². The summed E-state index contributed by atoms with van der Waals surface area (Å²) in [7, 11) is 1.56. The van der Waals surface area contributed by atoms with Crippen LogP contribution in [0.4, 0.5) is 0 Å². The number of rotatable bonds is 1. The second-order valence-corrected chi connectivity index (χ2v) is 4.02. The minimum Gasteiger partial charge on any atom is -0.355 e. The van der Waals surface area contributed by atoms with Crippen molar-refractivity contribution in [2.45, 2.75) is 32.1 Å². The Labute approximate surface area is 89.2 Å². The molecule has 0 aromatic rings. The predicted octanol–water partition coefficient (Wildman–Crippen LogP) is 1.50. The molecule has 2 aliphatic carbocycles. The van der Waals surface area contributed by atoms with Crippen LogP contribution >= 0.6 is 0 Å². The van der Waals surface area contributed by atoms with Gasteiger partial charge in [-0.1, -0.05) is 11.6 Å². The average Bonchev–Trinajstić information content (AvgIpc) is 2.29. The van der Waals surface area contributed by atoms with E-state index >= 15 is 0 Å². The fourth-order valence-corrected chi connectivity index (χ4v) is 2.28. The molecule has 0 aromatic carbocycles. The van der Waals surface area contributed by atoms with Crippen LogP contribution in [0.5, 0.6) is 0 Å². The number of carbonyl (C=O) groups excluding carboxylic acids is 2. The van der Waals surface area contributed by atoms with Crippen molar-refractivity contribution in [3.05, 3.63) is 22.8 Å². The highest BCUT2D eigenvalue weighted by atomic mass is 16.2. The molecule has 2 rings (SSSR count). The molecule has 15 heavy (non-hydrogen) atoms. The van der Waals surface area contributed by atoms with Gasteiger partial charge in [-0.3, -0.25) is 9.59 Å². The molecule has 0 aliphatic heterocycles. The molecule has 0 fully saturated rings. The van der Waals surface area contributed by atoms with Crippen LogP contribution < -0.4 is 5.32 Å². The standard InChI is InChI=1S/C12H15NO2/c1-13-12(15)10-7-6-8-4-2-3-5-9(8)11(10)14/h7H,2-6H2,1H3,(H,13,15). The minimum absolute atomic E-state index is 0.0460. The van der Waals surface area contributed by atoms with Gasteiger partial charge in [0.1, 0.15) is 0 Å². The number of hydrogen-bond donors (Lipinski definition) is 1. The van der Waals surface area contributed by atoms with E-state index in [0.29, 0.717) is 5.57 Å². The molecule has 0 radical (unpaired) electrons. The van der Waals surface area contributed by atoms with Crippen molar-refractivity contribution in [2.24, 2.45) is 0 Å². The normalized spacial score (nSPS) is 20.9. The fraction of sp³-hybridized carbons (Fsp3) is 0.500. The summed E-state index contributed by atoms with van der Waals surface area (Å²) in [5.74, 6) is -0.299. The van der Waals surface area contributed by atoms with E-state index in [4.69, 9.17) is 0 Å². The van der Waals surface area contributed by atoms with E-state index in [1.165, 1.54) is 12.0 Å². The number of Topliss-reactive ketones (excluding diaryl/α,β-unsaturated/α-hetero) is 1. The van der Waals surface area contributed by atoms with Gasteiger partial charge in [0.05, 0.1) is 5.57 Å². The van der Waals surface area contributed by atoms with Crippen molar-refractivity contribution < 1.29 is 9.59 Å². The Kier molecular flexibility index (Phi) is 2.71. The van der Waals surface area contributed by atoms with E-state index in [0.717, 1.165) is 31.3 Å². The molecular weight excluding hydrogens is 190 g/mol. The summed E-state index contributed by atoms with van der Waals surface area (Å²) >= 11 is 0. The predicted molar refractivity (Wildman–Crippen MR) is 57.3 cm³/mol. The highest BCUT2D eigenvalue weighted by Crippen LogP contribution is 2.32. The maximum atomic E-state index is 12.0. The lowest BCUT2D eigenvalue weighted by Crippen LogP contribution is -2.28. The topological polar surface area (TPSA) is 46.2 Å². The second-order valence-electron chi connectivity index (χ2n) is 4.02. The van der Waals surface area contributed by atoms with E-state index in [9.17, 15) is 9.59 Å². The molecule has 0 atom stereocenters. The lowest BCUT2D eigenvalue weighted by Gasteiger charge is -2.23. The molecule has 2 aliphatic rings. The van der Waals surface area contributed by atoms with Gasteiger partial charge in [0.2, 0.25) is 0 Å². The molecule has 1 N–H and O–H groups in total. The quantitative estimate of drug-likeness (QED) is 0.659. The van der Waals surface area contributed by atoms with Crippen LogP contribution in [0, 0.1) is 0 Å². The van der Waals surface area contributed by atoms with Crippen molar-refractivity contribution in [3.8, 4) is 0 Å². The van der Waals surface area contributed by atoms with Crippen molar-refractivity contribution in [2.75, 3.05) is 7.05 Å². The SMILES string of the molecule is CNC(=O)C1=CCC2=C(CCCC2)C1=O. The van der Waals surface area contributed by atoms with Crippen LogP contribution in [-0.4, -0.2) is 18.7 Å². The Hall–Kier alpha value is -1.38. The molecule has 3 heteroatoms. The third-order valence-corrected chi connectivity index (χ3v) is 3.13. The summed E-state index contributed by atoms with van der Waals surface area (Å²) in [5, 5.41) is 2.51. The molecule has 0 unspecified atom stereocenters. The summed E-state index contributed by atoms with van der Waals surface area (Å²) in [4.78, 5) is 23.4. The number of amides is 1. The minimum atomic E-state index is -0.253. The fourth-order valence-electron chi connectivity index (χ4n) is 2.28. The second kappa shape index (κ2) is 4.01. The number of hydrogen-bond acceptors (Lipinski definition) is 2. The molecule has 0 saturated heterocycles. The van der Waals surface area contributed by atoms with Gasteiger partial charge in [0.25, 0.3) is 5.91 Å². The Balaban J connectivity index is 2.26. The molecule has 1 amide bonds. The smallest absolute Gasteiger partial charge is 0.254 e. The number of likely N-dealkylation sites (N-methyl/N-ethyl adjacent to an activating group) is 1. The molecule has 0 aromatic heterocycles. The number of nitrogens with one attached hydrogen (secondary N) is 1. The lowest BCUT2D eigenvalue weighted by molar-refractivity contribution is -0.121. The van der Waals surface area contributed by atoms with Crippen LogP contribution in [0.15, 0.2) is 22.8 Å². The zero-order valence-electron chi connectivity index (χ0n) is 8.93. The third kappa shape index (κ3) is 1.74. The van der Waals surface area contributed by atoms with E-state index < -0.39 is 0 Å². The number of carbonyl (C=O) groups is 2. The van der Waals surface area contributed by atoms with E-state index in [2.05, 4.69) is 5.32 Å². The third-order valence-electron chi connectivity index (χ3n) is 3.13. The van der Waals surface area contributed by atoms with Gasteiger partial charge in [-0.15, -0.1) is 0 Å². The molecule has 0 spiro atoms. The number of ketones is 1. The van der Waals surface area contributed by atoms with E-state index in [1.54, 1.807) is 13.1 Å². The Morgan fingerprint density at radius 3 is 2.80 bits per heavy atom. The van der Waals surface area contributed by atoms with Crippen LogP contribution in [0.25, 0.3) is 0 Å².